The number of rotatable bonds is 4. The lowest BCUT2D eigenvalue weighted by atomic mass is 10.5. The topological polar surface area (TPSA) is 49.4 Å². The van der Waals surface area contributed by atoms with Gasteiger partial charge in [0.1, 0.15) is 0 Å². The smallest absolute Gasteiger partial charge is 0.197 e. The van der Waals surface area contributed by atoms with Gasteiger partial charge in [-0.05, 0) is 22.0 Å². The van der Waals surface area contributed by atoms with Gasteiger partial charge in [0.25, 0.3) is 10.2 Å². The number of nitrogens with zero attached hydrogens (tertiary/aromatic N) is 1. The van der Waals surface area contributed by atoms with E-state index in [0.29, 0.717) is 6.54 Å². The number of thiophene rings is 1. The molecule has 0 radical (unpaired) electrons. The highest BCUT2D eigenvalue weighted by atomic mass is 79.9. The summed E-state index contributed by atoms with van der Waals surface area (Å²) in [5.41, 5.74) is 0. The van der Waals surface area contributed by atoms with Gasteiger partial charge in [-0.3, -0.25) is 0 Å². The highest BCUT2D eigenvalue weighted by molar-refractivity contribution is 9.10. The van der Waals surface area contributed by atoms with Gasteiger partial charge in [0, 0.05) is 35.4 Å². The maximum Gasteiger partial charge on any atom is 0.279 e. The molecule has 0 bridgehead atoms. The first-order valence-corrected chi connectivity index (χ1v) is 6.93. The van der Waals surface area contributed by atoms with Gasteiger partial charge < -0.3 is 0 Å². The van der Waals surface area contributed by atoms with Crippen LogP contribution in [0.4, 0.5) is 0 Å². The lowest BCUT2D eigenvalue weighted by Crippen LogP contribution is -2.34. The zero-order valence-corrected chi connectivity index (χ0v) is 11.0. The molecule has 0 saturated heterocycles. The minimum absolute atomic E-state index is 0.330. The molecular formula is C7H11BrN2O2S2. The lowest BCUT2D eigenvalue weighted by molar-refractivity contribution is 0.505. The average Bonchev–Trinajstić information content (AvgIpc) is 2.48. The van der Waals surface area contributed by atoms with E-state index in [1.165, 1.54) is 25.4 Å². The first-order valence-electron chi connectivity index (χ1n) is 3.82. The SMILES string of the molecule is CN(C)S(=O)(=O)NCc1cc(Br)cs1. The van der Waals surface area contributed by atoms with Crippen LogP contribution in [-0.2, 0) is 16.8 Å². The molecule has 1 N–H and O–H groups in total. The van der Waals surface area contributed by atoms with Gasteiger partial charge in [-0.25, -0.2) is 0 Å². The summed E-state index contributed by atoms with van der Waals surface area (Å²) in [4.78, 5) is 0.974. The molecule has 0 fully saturated rings. The third-order valence-corrected chi connectivity index (χ3v) is 4.70. The van der Waals surface area contributed by atoms with Gasteiger partial charge >= 0.3 is 0 Å². The first-order chi connectivity index (χ1) is 6.42. The van der Waals surface area contributed by atoms with E-state index >= 15 is 0 Å². The fourth-order valence-corrected chi connectivity index (χ4v) is 2.82. The van der Waals surface area contributed by atoms with E-state index in [2.05, 4.69) is 20.7 Å². The van der Waals surface area contributed by atoms with Crippen LogP contribution in [0.2, 0.25) is 0 Å². The summed E-state index contributed by atoms with van der Waals surface area (Å²) in [6.45, 7) is 0.330. The van der Waals surface area contributed by atoms with Gasteiger partial charge in [0.15, 0.2) is 0 Å². The molecule has 80 valence electrons. The van der Waals surface area contributed by atoms with Crippen molar-refractivity contribution in [2.75, 3.05) is 14.1 Å². The largest absolute Gasteiger partial charge is 0.279 e. The predicted molar refractivity (Wildman–Crippen MR) is 61.5 cm³/mol. The van der Waals surface area contributed by atoms with E-state index in [4.69, 9.17) is 0 Å². The van der Waals surface area contributed by atoms with E-state index in [0.717, 1.165) is 13.7 Å². The van der Waals surface area contributed by atoms with Crippen molar-refractivity contribution in [2.24, 2.45) is 0 Å². The molecule has 1 aromatic heterocycles. The van der Waals surface area contributed by atoms with Gasteiger partial charge in [-0.15, -0.1) is 11.3 Å². The maximum absolute atomic E-state index is 11.3. The van der Waals surface area contributed by atoms with Crippen LogP contribution in [0.3, 0.4) is 0 Å². The summed E-state index contributed by atoms with van der Waals surface area (Å²) < 4.78 is 27.2. The molecule has 0 spiro atoms. The van der Waals surface area contributed by atoms with Gasteiger partial charge in [-0.1, -0.05) is 0 Å². The summed E-state index contributed by atoms with van der Waals surface area (Å²) >= 11 is 4.81. The molecule has 0 saturated carbocycles. The van der Waals surface area contributed by atoms with E-state index in [-0.39, 0.29) is 0 Å². The molecule has 14 heavy (non-hydrogen) atoms. The standard InChI is InChI=1S/C7H11BrN2O2S2/c1-10(2)14(11,12)9-4-7-3-6(8)5-13-7/h3,5,9H,4H2,1-2H3. The second-order valence-corrected chi connectivity index (χ2v) is 6.72. The van der Waals surface area contributed by atoms with Crippen molar-refractivity contribution in [1.29, 1.82) is 0 Å². The van der Waals surface area contributed by atoms with Crippen LogP contribution in [0, 0.1) is 0 Å². The molecule has 7 heteroatoms. The monoisotopic (exact) mass is 298 g/mol. The van der Waals surface area contributed by atoms with Crippen LogP contribution >= 0.6 is 27.3 Å². The van der Waals surface area contributed by atoms with Crippen LogP contribution in [0.5, 0.6) is 0 Å². The Bertz CT molecular complexity index is 400. The Morgan fingerprint density at radius 3 is 2.64 bits per heavy atom. The number of halogens is 1. The van der Waals surface area contributed by atoms with Crippen molar-refractivity contribution >= 4 is 37.5 Å². The zero-order valence-electron chi connectivity index (χ0n) is 7.82. The molecule has 0 amide bonds. The summed E-state index contributed by atoms with van der Waals surface area (Å²) in [5.74, 6) is 0. The van der Waals surface area contributed by atoms with Gasteiger partial charge in [-0.2, -0.15) is 17.4 Å². The van der Waals surface area contributed by atoms with Gasteiger partial charge in [0.2, 0.25) is 0 Å². The highest BCUT2D eigenvalue weighted by Crippen LogP contribution is 2.19. The summed E-state index contributed by atoms with van der Waals surface area (Å²) in [6, 6.07) is 1.89. The number of nitrogens with one attached hydrogen (secondary N) is 1. The second-order valence-electron chi connectivity index (χ2n) is 2.84. The Kier molecular flexibility index (Phi) is 4.08. The minimum Gasteiger partial charge on any atom is -0.197 e. The number of hydrogen-bond donors (Lipinski definition) is 1. The summed E-state index contributed by atoms with van der Waals surface area (Å²) in [6.07, 6.45) is 0. The quantitative estimate of drug-likeness (QED) is 0.914. The van der Waals surface area contributed by atoms with E-state index in [1.54, 1.807) is 0 Å². The number of hydrogen-bond acceptors (Lipinski definition) is 3. The van der Waals surface area contributed by atoms with Crippen molar-refractivity contribution in [2.45, 2.75) is 6.54 Å². The molecule has 0 unspecified atom stereocenters. The molecule has 0 aliphatic rings. The fraction of sp³-hybridized carbons (Fsp3) is 0.429. The van der Waals surface area contributed by atoms with Crippen molar-refractivity contribution in [3.8, 4) is 0 Å². The minimum atomic E-state index is -3.31. The van der Waals surface area contributed by atoms with Crippen LogP contribution in [0.15, 0.2) is 15.9 Å². The van der Waals surface area contributed by atoms with Crippen molar-refractivity contribution < 1.29 is 8.42 Å². The summed E-state index contributed by atoms with van der Waals surface area (Å²) in [5, 5.41) is 1.92. The Morgan fingerprint density at radius 2 is 2.21 bits per heavy atom. The lowest BCUT2D eigenvalue weighted by Gasteiger charge is -2.11. The van der Waals surface area contributed by atoms with E-state index < -0.39 is 10.2 Å². The molecule has 1 heterocycles. The normalized spacial score (nSPS) is 12.3. The van der Waals surface area contributed by atoms with Gasteiger partial charge in [0.05, 0.1) is 0 Å². The molecule has 0 aromatic carbocycles. The molecule has 1 rings (SSSR count). The van der Waals surface area contributed by atoms with Crippen molar-refractivity contribution in [3.05, 3.63) is 20.8 Å². The molecule has 1 aromatic rings. The Balaban J connectivity index is 2.57. The van der Waals surface area contributed by atoms with Crippen LogP contribution in [0.25, 0.3) is 0 Å². The van der Waals surface area contributed by atoms with Crippen LogP contribution < -0.4 is 4.72 Å². The van der Waals surface area contributed by atoms with Crippen molar-refractivity contribution in [3.63, 3.8) is 0 Å². The Morgan fingerprint density at radius 1 is 1.57 bits per heavy atom. The second kappa shape index (κ2) is 4.71. The highest BCUT2D eigenvalue weighted by Gasteiger charge is 2.12. The van der Waals surface area contributed by atoms with E-state index in [1.807, 2.05) is 11.4 Å². The molecule has 0 atom stereocenters. The van der Waals surface area contributed by atoms with Crippen LogP contribution in [0.1, 0.15) is 4.88 Å². The summed E-state index contributed by atoms with van der Waals surface area (Å²) in [7, 11) is -0.327. The van der Waals surface area contributed by atoms with E-state index in [9.17, 15) is 8.42 Å². The third kappa shape index (κ3) is 3.32. The van der Waals surface area contributed by atoms with Crippen molar-refractivity contribution in [1.82, 2.24) is 9.03 Å². The maximum atomic E-state index is 11.3. The molecule has 0 aliphatic carbocycles. The Labute approximate surface area is 96.2 Å². The Hall–Kier alpha value is 0.0500. The van der Waals surface area contributed by atoms with Crippen LogP contribution in [-0.4, -0.2) is 26.8 Å². The zero-order chi connectivity index (χ0) is 10.8. The molecule has 4 nitrogen and oxygen atoms in total. The first kappa shape index (κ1) is 12.1. The molecule has 0 aliphatic heterocycles. The predicted octanol–water partition coefficient (Wildman–Crippen LogP) is 1.41. The molecular weight excluding hydrogens is 288 g/mol. The fourth-order valence-electron chi connectivity index (χ4n) is 0.738. The average molecular weight is 299 g/mol. The third-order valence-electron chi connectivity index (χ3n) is 1.53.